The van der Waals surface area contributed by atoms with Gasteiger partial charge in [-0.2, -0.15) is 0 Å². The molecule has 2 nitrogen and oxygen atoms in total. The van der Waals surface area contributed by atoms with E-state index in [1.165, 1.54) is 37.1 Å². The smallest absolute Gasteiger partial charge is 0.0417 e. The van der Waals surface area contributed by atoms with E-state index < -0.39 is 0 Å². The maximum atomic E-state index is 3.71. The van der Waals surface area contributed by atoms with Crippen molar-refractivity contribution in [3.8, 4) is 0 Å². The number of piperidine rings is 1. The first-order valence-electron chi connectivity index (χ1n) is 8.76. The Bertz CT molecular complexity index is 429. The summed E-state index contributed by atoms with van der Waals surface area (Å²) in [5.74, 6) is 0.864. The molecule has 3 unspecified atom stereocenters. The van der Waals surface area contributed by atoms with E-state index in [1.54, 1.807) is 0 Å². The third-order valence-electron chi connectivity index (χ3n) is 4.81. The largest absolute Gasteiger partial charge is 0.369 e. The van der Waals surface area contributed by atoms with Crippen molar-refractivity contribution in [2.45, 2.75) is 65.5 Å². The van der Waals surface area contributed by atoms with Gasteiger partial charge in [-0.25, -0.2) is 0 Å². The number of rotatable bonds is 6. The maximum absolute atomic E-state index is 3.71. The van der Waals surface area contributed by atoms with Crippen LogP contribution in [0.15, 0.2) is 24.3 Å². The van der Waals surface area contributed by atoms with Crippen LogP contribution in [0, 0.1) is 5.92 Å². The van der Waals surface area contributed by atoms with Crippen LogP contribution in [0.4, 0.5) is 5.69 Å². The Balaban J connectivity index is 2.23. The molecule has 0 bridgehead atoms. The summed E-state index contributed by atoms with van der Waals surface area (Å²) < 4.78 is 0. The van der Waals surface area contributed by atoms with Crippen LogP contribution in [0.3, 0.4) is 0 Å². The number of nitrogens with one attached hydrogen (secondary N) is 1. The lowest BCUT2D eigenvalue weighted by molar-refractivity contribution is 0.376. The fourth-order valence-corrected chi connectivity index (χ4v) is 3.60. The molecular weight excluding hydrogens is 256 g/mol. The molecule has 1 aromatic rings. The normalized spacial score (nSPS) is 24.1. The molecule has 118 valence electrons. The van der Waals surface area contributed by atoms with Gasteiger partial charge in [0.05, 0.1) is 0 Å². The lowest BCUT2D eigenvalue weighted by atomic mass is 9.91. The molecule has 1 fully saturated rings. The van der Waals surface area contributed by atoms with E-state index in [2.05, 4.69) is 62.2 Å². The van der Waals surface area contributed by atoms with Gasteiger partial charge in [-0.15, -0.1) is 0 Å². The van der Waals surface area contributed by atoms with Crippen LogP contribution >= 0.6 is 0 Å². The zero-order valence-electron chi connectivity index (χ0n) is 14.2. The average Bonchev–Trinajstić information content (AvgIpc) is 2.49. The Kier molecular flexibility index (Phi) is 6.10. The molecular formula is C19H32N2. The van der Waals surface area contributed by atoms with Crippen LogP contribution in [-0.4, -0.2) is 19.1 Å². The molecule has 0 saturated carbocycles. The van der Waals surface area contributed by atoms with Crippen LogP contribution < -0.4 is 10.2 Å². The van der Waals surface area contributed by atoms with Gasteiger partial charge in [0.15, 0.2) is 0 Å². The SMILES string of the molecule is CCCNC(CC)c1ccccc1N1CCC(C)CC1C. The minimum atomic E-state index is 0.479. The predicted octanol–water partition coefficient (Wildman–Crippen LogP) is 4.76. The molecule has 0 spiro atoms. The highest BCUT2D eigenvalue weighted by atomic mass is 15.2. The van der Waals surface area contributed by atoms with Crippen molar-refractivity contribution in [1.29, 1.82) is 0 Å². The number of hydrogen-bond acceptors (Lipinski definition) is 2. The monoisotopic (exact) mass is 288 g/mol. The Hall–Kier alpha value is -1.02. The number of hydrogen-bond donors (Lipinski definition) is 1. The fraction of sp³-hybridized carbons (Fsp3) is 0.684. The van der Waals surface area contributed by atoms with Crippen LogP contribution in [0.1, 0.15) is 65.0 Å². The molecule has 0 aromatic heterocycles. The summed E-state index contributed by atoms with van der Waals surface area (Å²) in [4.78, 5) is 2.63. The molecule has 2 rings (SSSR count). The Labute approximate surface area is 130 Å². The molecule has 1 N–H and O–H groups in total. The summed E-state index contributed by atoms with van der Waals surface area (Å²) in [6, 6.07) is 10.1. The molecule has 1 heterocycles. The van der Waals surface area contributed by atoms with Gasteiger partial charge in [-0.1, -0.05) is 39.0 Å². The number of benzene rings is 1. The van der Waals surface area contributed by atoms with Crippen LogP contribution in [0.5, 0.6) is 0 Å². The van der Waals surface area contributed by atoms with Crippen molar-refractivity contribution in [1.82, 2.24) is 5.32 Å². The van der Waals surface area contributed by atoms with Gasteiger partial charge in [0.1, 0.15) is 0 Å². The highest BCUT2D eigenvalue weighted by Crippen LogP contribution is 2.33. The highest BCUT2D eigenvalue weighted by Gasteiger charge is 2.25. The number of para-hydroxylation sites is 1. The lowest BCUT2D eigenvalue weighted by Crippen LogP contribution is -2.41. The summed E-state index contributed by atoms with van der Waals surface area (Å²) in [7, 11) is 0. The molecule has 0 radical (unpaired) electrons. The van der Waals surface area contributed by atoms with Gasteiger partial charge in [0.2, 0.25) is 0 Å². The number of nitrogens with zero attached hydrogens (tertiary/aromatic N) is 1. The molecule has 1 saturated heterocycles. The van der Waals surface area contributed by atoms with Gasteiger partial charge in [0.25, 0.3) is 0 Å². The first-order valence-corrected chi connectivity index (χ1v) is 8.76. The van der Waals surface area contributed by atoms with Crippen molar-refractivity contribution in [3.05, 3.63) is 29.8 Å². The lowest BCUT2D eigenvalue weighted by Gasteiger charge is -2.40. The van der Waals surface area contributed by atoms with Crippen molar-refractivity contribution in [3.63, 3.8) is 0 Å². The van der Waals surface area contributed by atoms with E-state index in [0.29, 0.717) is 12.1 Å². The van der Waals surface area contributed by atoms with Crippen molar-refractivity contribution in [2.75, 3.05) is 18.0 Å². The minimum absolute atomic E-state index is 0.479. The average molecular weight is 288 g/mol. The standard InChI is InChI=1S/C19H32N2/c1-5-12-20-18(6-2)17-9-7-8-10-19(17)21-13-11-15(3)14-16(21)4/h7-10,15-16,18,20H,5-6,11-14H2,1-4H3. The number of anilines is 1. The molecule has 1 aliphatic rings. The zero-order valence-corrected chi connectivity index (χ0v) is 14.2. The van der Waals surface area contributed by atoms with Crippen molar-refractivity contribution >= 4 is 5.69 Å². The van der Waals surface area contributed by atoms with E-state index in [4.69, 9.17) is 0 Å². The summed E-state index contributed by atoms with van der Waals surface area (Å²) in [6.45, 7) is 11.6. The molecule has 0 aliphatic carbocycles. The van der Waals surface area contributed by atoms with Gasteiger partial charge < -0.3 is 10.2 Å². The first-order chi connectivity index (χ1) is 10.2. The molecule has 0 amide bonds. The summed E-state index contributed by atoms with van der Waals surface area (Å²) in [5.41, 5.74) is 2.93. The molecule has 1 aromatic carbocycles. The second-order valence-electron chi connectivity index (χ2n) is 6.65. The second kappa shape index (κ2) is 7.84. The quantitative estimate of drug-likeness (QED) is 0.811. The minimum Gasteiger partial charge on any atom is -0.369 e. The van der Waals surface area contributed by atoms with Crippen LogP contribution in [-0.2, 0) is 0 Å². The topological polar surface area (TPSA) is 15.3 Å². The first kappa shape index (κ1) is 16.4. The van der Waals surface area contributed by atoms with Gasteiger partial charge in [-0.3, -0.25) is 0 Å². The Morgan fingerprint density at radius 3 is 2.67 bits per heavy atom. The van der Waals surface area contributed by atoms with E-state index in [0.717, 1.165) is 18.9 Å². The summed E-state index contributed by atoms with van der Waals surface area (Å²) >= 11 is 0. The third-order valence-corrected chi connectivity index (χ3v) is 4.81. The van der Waals surface area contributed by atoms with E-state index in [-0.39, 0.29) is 0 Å². The van der Waals surface area contributed by atoms with E-state index in [9.17, 15) is 0 Å². The molecule has 21 heavy (non-hydrogen) atoms. The van der Waals surface area contributed by atoms with Gasteiger partial charge >= 0.3 is 0 Å². The molecule has 2 heteroatoms. The van der Waals surface area contributed by atoms with E-state index in [1.807, 2.05) is 0 Å². The van der Waals surface area contributed by atoms with Crippen LogP contribution in [0.25, 0.3) is 0 Å². The van der Waals surface area contributed by atoms with Gasteiger partial charge in [-0.05, 0) is 56.7 Å². The van der Waals surface area contributed by atoms with E-state index >= 15 is 0 Å². The maximum Gasteiger partial charge on any atom is 0.0417 e. The summed E-state index contributed by atoms with van der Waals surface area (Å²) in [6.07, 6.45) is 4.97. The Morgan fingerprint density at radius 1 is 1.24 bits per heavy atom. The second-order valence-corrected chi connectivity index (χ2v) is 6.65. The predicted molar refractivity (Wildman–Crippen MR) is 93.0 cm³/mol. The zero-order chi connectivity index (χ0) is 15.2. The van der Waals surface area contributed by atoms with Gasteiger partial charge in [0, 0.05) is 24.3 Å². The fourth-order valence-electron chi connectivity index (χ4n) is 3.60. The van der Waals surface area contributed by atoms with Crippen molar-refractivity contribution < 1.29 is 0 Å². The molecule has 3 atom stereocenters. The highest BCUT2D eigenvalue weighted by molar-refractivity contribution is 5.56. The van der Waals surface area contributed by atoms with Crippen molar-refractivity contribution in [2.24, 2.45) is 5.92 Å². The molecule has 1 aliphatic heterocycles. The third kappa shape index (κ3) is 4.00. The summed E-state index contributed by atoms with van der Waals surface area (Å²) in [5, 5.41) is 3.71. The van der Waals surface area contributed by atoms with Crippen LogP contribution in [0.2, 0.25) is 0 Å². The Morgan fingerprint density at radius 2 is 2.00 bits per heavy atom.